The van der Waals surface area contributed by atoms with E-state index in [4.69, 9.17) is 0 Å². The van der Waals surface area contributed by atoms with Crippen LogP contribution in [0.2, 0.25) is 0 Å². The van der Waals surface area contributed by atoms with Gasteiger partial charge in [0, 0.05) is 24.7 Å². The zero-order chi connectivity index (χ0) is 13.5. The monoisotopic (exact) mass is 289 g/mol. The first kappa shape index (κ1) is 12.4. The van der Waals surface area contributed by atoms with Crippen molar-refractivity contribution in [3.05, 3.63) is 17.3 Å². The third-order valence-electron chi connectivity index (χ3n) is 4.98. The van der Waals surface area contributed by atoms with Gasteiger partial charge in [0.25, 0.3) is 0 Å². The Labute approximate surface area is 122 Å². The van der Waals surface area contributed by atoms with Crippen molar-refractivity contribution < 1.29 is 4.79 Å². The standard InChI is InChI=1S/C15H19N3OS/c19-10-13-14(16-15-18(13)7-8-20-15)17-6-5-11-3-1-2-4-12(11)9-17/h7-8,10-12H,1-6,9H2. The van der Waals surface area contributed by atoms with Gasteiger partial charge < -0.3 is 4.90 Å². The van der Waals surface area contributed by atoms with E-state index < -0.39 is 0 Å². The Bertz CT molecular complexity index is 632. The summed E-state index contributed by atoms with van der Waals surface area (Å²) in [5, 5.41) is 1.98. The molecule has 2 aromatic heterocycles. The van der Waals surface area contributed by atoms with Gasteiger partial charge in [-0.3, -0.25) is 9.20 Å². The second-order valence-electron chi connectivity index (χ2n) is 6.03. The van der Waals surface area contributed by atoms with Gasteiger partial charge in [-0.1, -0.05) is 19.3 Å². The van der Waals surface area contributed by atoms with E-state index in [1.165, 1.54) is 32.1 Å². The molecule has 2 aromatic rings. The van der Waals surface area contributed by atoms with Crippen LogP contribution in [0.3, 0.4) is 0 Å². The largest absolute Gasteiger partial charge is 0.354 e. The zero-order valence-corrected chi connectivity index (χ0v) is 12.3. The van der Waals surface area contributed by atoms with Crippen molar-refractivity contribution >= 4 is 28.4 Å². The number of nitrogens with zero attached hydrogens (tertiary/aromatic N) is 3. The summed E-state index contributed by atoms with van der Waals surface area (Å²) in [4.78, 5) is 19.4. The summed E-state index contributed by atoms with van der Waals surface area (Å²) >= 11 is 1.59. The van der Waals surface area contributed by atoms with Crippen molar-refractivity contribution in [1.82, 2.24) is 9.38 Å². The molecular formula is C15H19N3OS. The Morgan fingerprint density at radius 2 is 2.10 bits per heavy atom. The summed E-state index contributed by atoms with van der Waals surface area (Å²) in [6, 6.07) is 0. The highest BCUT2D eigenvalue weighted by atomic mass is 32.1. The van der Waals surface area contributed by atoms with Crippen molar-refractivity contribution in [3.8, 4) is 0 Å². The van der Waals surface area contributed by atoms with Crippen molar-refractivity contribution in [2.45, 2.75) is 32.1 Å². The van der Waals surface area contributed by atoms with Crippen LogP contribution >= 0.6 is 11.3 Å². The smallest absolute Gasteiger partial charge is 0.196 e. The van der Waals surface area contributed by atoms with Crippen LogP contribution in [0.1, 0.15) is 42.6 Å². The van der Waals surface area contributed by atoms with Gasteiger partial charge in [0.05, 0.1) is 0 Å². The Morgan fingerprint density at radius 3 is 2.95 bits per heavy atom. The Balaban J connectivity index is 1.65. The number of piperidine rings is 1. The topological polar surface area (TPSA) is 37.6 Å². The predicted molar refractivity (Wildman–Crippen MR) is 80.7 cm³/mol. The summed E-state index contributed by atoms with van der Waals surface area (Å²) in [5.74, 6) is 2.61. The maximum absolute atomic E-state index is 11.4. The molecule has 2 unspecified atom stereocenters. The molecule has 1 aliphatic carbocycles. The molecule has 0 aromatic carbocycles. The maximum atomic E-state index is 11.4. The highest BCUT2D eigenvalue weighted by molar-refractivity contribution is 7.15. The number of thiazole rings is 1. The molecule has 1 aliphatic heterocycles. The second kappa shape index (κ2) is 4.88. The molecule has 2 atom stereocenters. The first-order chi connectivity index (χ1) is 9.86. The number of hydrogen-bond acceptors (Lipinski definition) is 4. The van der Waals surface area contributed by atoms with Crippen LogP contribution in [-0.2, 0) is 0 Å². The van der Waals surface area contributed by atoms with Crippen molar-refractivity contribution in [3.63, 3.8) is 0 Å². The van der Waals surface area contributed by atoms with Crippen LogP contribution in [0, 0.1) is 11.8 Å². The molecule has 106 valence electrons. The minimum atomic E-state index is 0.718. The number of aldehydes is 1. The average Bonchev–Trinajstić information content (AvgIpc) is 3.07. The number of rotatable bonds is 2. The van der Waals surface area contributed by atoms with E-state index in [9.17, 15) is 4.79 Å². The highest BCUT2D eigenvalue weighted by Gasteiger charge is 2.33. The molecular weight excluding hydrogens is 270 g/mol. The van der Waals surface area contributed by atoms with E-state index >= 15 is 0 Å². The number of aromatic nitrogens is 2. The lowest BCUT2D eigenvalue weighted by molar-refractivity contribution is 0.111. The van der Waals surface area contributed by atoms with Crippen LogP contribution in [0.25, 0.3) is 4.96 Å². The normalized spacial score (nSPS) is 26.7. The fourth-order valence-electron chi connectivity index (χ4n) is 3.93. The van der Waals surface area contributed by atoms with Gasteiger partial charge in [0.1, 0.15) is 5.69 Å². The summed E-state index contributed by atoms with van der Waals surface area (Å²) in [6.07, 6.45) is 9.67. The number of fused-ring (bicyclic) bond motifs is 2. The minimum absolute atomic E-state index is 0.718. The minimum Gasteiger partial charge on any atom is -0.354 e. The van der Waals surface area contributed by atoms with Gasteiger partial charge in [-0.25, -0.2) is 4.98 Å². The van der Waals surface area contributed by atoms with Crippen LogP contribution in [0.15, 0.2) is 11.6 Å². The number of hydrogen-bond donors (Lipinski definition) is 0. The summed E-state index contributed by atoms with van der Waals surface area (Å²) in [5.41, 5.74) is 0.718. The first-order valence-electron chi connectivity index (χ1n) is 7.52. The van der Waals surface area contributed by atoms with Crippen molar-refractivity contribution in [1.29, 1.82) is 0 Å². The van der Waals surface area contributed by atoms with E-state index in [0.717, 1.165) is 47.7 Å². The highest BCUT2D eigenvalue weighted by Crippen LogP contribution is 2.38. The molecule has 2 fully saturated rings. The van der Waals surface area contributed by atoms with Crippen LogP contribution in [0.5, 0.6) is 0 Å². The molecule has 1 saturated carbocycles. The van der Waals surface area contributed by atoms with E-state index in [0.29, 0.717) is 0 Å². The SMILES string of the molecule is O=Cc1c(N2CCC3CCCCC3C2)nc2sccn12. The van der Waals surface area contributed by atoms with E-state index in [2.05, 4.69) is 9.88 Å². The predicted octanol–water partition coefficient (Wildman–Crippen LogP) is 3.22. The molecule has 5 heteroatoms. The van der Waals surface area contributed by atoms with Gasteiger partial charge in [-0.2, -0.15) is 0 Å². The van der Waals surface area contributed by atoms with Gasteiger partial charge >= 0.3 is 0 Å². The molecule has 0 spiro atoms. The number of imidazole rings is 1. The molecule has 20 heavy (non-hydrogen) atoms. The van der Waals surface area contributed by atoms with E-state index in [-0.39, 0.29) is 0 Å². The van der Waals surface area contributed by atoms with Crippen LogP contribution < -0.4 is 4.90 Å². The summed E-state index contributed by atoms with van der Waals surface area (Å²) < 4.78 is 1.92. The lowest BCUT2D eigenvalue weighted by atomic mass is 9.75. The van der Waals surface area contributed by atoms with Gasteiger partial charge in [-0.15, -0.1) is 11.3 Å². The quantitative estimate of drug-likeness (QED) is 0.797. The van der Waals surface area contributed by atoms with Gasteiger partial charge in [0.15, 0.2) is 17.1 Å². The number of carbonyl (C=O) groups excluding carboxylic acids is 1. The average molecular weight is 289 g/mol. The second-order valence-corrected chi connectivity index (χ2v) is 6.91. The Hall–Kier alpha value is -1.36. The summed E-state index contributed by atoms with van der Waals surface area (Å²) in [6.45, 7) is 2.13. The maximum Gasteiger partial charge on any atom is 0.196 e. The Kier molecular flexibility index (Phi) is 3.02. The van der Waals surface area contributed by atoms with E-state index in [1.54, 1.807) is 11.3 Å². The lowest BCUT2D eigenvalue weighted by Crippen LogP contribution is -2.42. The molecule has 3 heterocycles. The third-order valence-corrected chi connectivity index (χ3v) is 5.74. The number of anilines is 1. The fraction of sp³-hybridized carbons (Fsp3) is 0.600. The number of carbonyl (C=O) groups is 1. The van der Waals surface area contributed by atoms with Gasteiger partial charge in [-0.05, 0) is 24.7 Å². The lowest BCUT2D eigenvalue weighted by Gasteiger charge is -2.41. The zero-order valence-electron chi connectivity index (χ0n) is 11.5. The summed E-state index contributed by atoms with van der Waals surface area (Å²) in [7, 11) is 0. The molecule has 4 nitrogen and oxygen atoms in total. The van der Waals surface area contributed by atoms with Crippen LogP contribution in [0.4, 0.5) is 5.82 Å². The Morgan fingerprint density at radius 1 is 1.25 bits per heavy atom. The molecule has 0 N–H and O–H groups in total. The van der Waals surface area contributed by atoms with Crippen molar-refractivity contribution in [2.75, 3.05) is 18.0 Å². The van der Waals surface area contributed by atoms with Crippen molar-refractivity contribution in [2.24, 2.45) is 11.8 Å². The molecule has 2 aliphatic rings. The van der Waals surface area contributed by atoms with Gasteiger partial charge in [0.2, 0.25) is 0 Å². The molecule has 4 rings (SSSR count). The van der Waals surface area contributed by atoms with Crippen LogP contribution in [-0.4, -0.2) is 28.8 Å². The fourth-order valence-corrected chi connectivity index (χ4v) is 4.64. The molecule has 0 bridgehead atoms. The molecule has 1 saturated heterocycles. The molecule has 0 radical (unpaired) electrons. The first-order valence-corrected chi connectivity index (χ1v) is 8.40. The van der Waals surface area contributed by atoms with E-state index in [1.807, 2.05) is 16.0 Å². The third kappa shape index (κ3) is 1.87. The molecule has 0 amide bonds.